The molecular weight excluding hydrogens is 178 g/mol. The van der Waals surface area contributed by atoms with Crippen molar-refractivity contribution < 1.29 is 13.2 Å². The van der Waals surface area contributed by atoms with Gasteiger partial charge >= 0.3 is 0 Å². The van der Waals surface area contributed by atoms with Crippen molar-refractivity contribution in [3.05, 3.63) is 0 Å². The van der Waals surface area contributed by atoms with Crippen LogP contribution in [-0.4, -0.2) is 20.6 Å². The minimum atomic E-state index is -3.36. The van der Waals surface area contributed by atoms with Crippen LogP contribution in [0.15, 0.2) is 0 Å². The Balaban J connectivity index is 2.30. The lowest BCUT2D eigenvalue weighted by atomic mass is 10.2. The van der Waals surface area contributed by atoms with Crippen LogP contribution in [0, 0.1) is 11.8 Å². The van der Waals surface area contributed by atoms with Gasteiger partial charge in [0.05, 0.1) is 6.26 Å². The third-order valence-corrected chi connectivity index (χ3v) is 2.62. The van der Waals surface area contributed by atoms with E-state index in [1.807, 2.05) is 4.72 Å². The Kier molecular flexibility index (Phi) is 2.41. The van der Waals surface area contributed by atoms with E-state index in [9.17, 15) is 13.2 Å². The van der Waals surface area contributed by atoms with Crippen LogP contribution in [0.5, 0.6) is 0 Å². The van der Waals surface area contributed by atoms with Gasteiger partial charge in [0.25, 0.3) is 0 Å². The molecule has 1 aliphatic rings. The second-order valence-electron chi connectivity index (χ2n) is 3.47. The molecule has 1 fully saturated rings. The van der Waals surface area contributed by atoms with Gasteiger partial charge in [-0.3, -0.25) is 9.52 Å². The smallest absolute Gasteiger partial charge is 0.233 e. The summed E-state index contributed by atoms with van der Waals surface area (Å²) in [7, 11) is -3.36. The third kappa shape index (κ3) is 3.21. The van der Waals surface area contributed by atoms with Crippen molar-refractivity contribution in [3.8, 4) is 0 Å². The number of hydrogen-bond acceptors (Lipinski definition) is 3. The number of sulfonamides is 1. The van der Waals surface area contributed by atoms with Crippen molar-refractivity contribution in [2.45, 2.75) is 19.8 Å². The molecule has 0 bridgehead atoms. The zero-order valence-corrected chi connectivity index (χ0v) is 8.02. The van der Waals surface area contributed by atoms with Gasteiger partial charge in [-0.15, -0.1) is 0 Å². The Morgan fingerprint density at radius 2 is 2.08 bits per heavy atom. The molecule has 5 heteroatoms. The van der Waals surface area contributed by atoms with Crippen molar-refractivity contribution in [1.29, 1.82) is 0 Å². The highest BCUT2D eigenvalue weighted by Gasteiger charge is 2.34. The van der Waals surface area contributed by atoms with Crippen LogP contribution in [-0.2, 0) is 14.8 Å². The van der Waals surface area contributed by atoms with Crippen LogP contribution >= 0.6 is 0 Å². The number of rotatable bonds is 3. The normalized spacial score (nSPS) is 28.2. The molecule has 70 valence electrons. The van der Waals surface area contributed by atoms with E-state index >= 15 is 0 Å². The first-order valence-electron chi connectivity index (χ1n) is 3.89. The van der Waals surface area contributed by atoms with Crippen LogP contribution in [0.4, 0.5) is 0 Å². The van der Waals surface area contributed by atoms with E-state index in [-0.39, 0.29) is 5.91 Å². The molecule has 0 aromatic heterocycles. The molecule has 0 spiro atoms. The number of carbonyl (C=O) groups excluding carboxylic acids is 1. The summed E-state index contributed by atoms with van der Waals surface area (Å²) in [5.41, 5.74) is 0. The average Bonchev–Trinajstić information content (AvgIpc) is 2.40. The molecule has 2 atom stereocenters. The third-order valence-electron chi connectivity index (χ3n) is 2.02. The first-order valence-corrected chi connectivity index (χ1v) is 5.78. The van der Waals surface area contributed by atoms with E-state index in [1.165, 1.54) is 0 Å². The van der Waals surface area contributed by atoms with Gasteiger partial charge in [-0.05, 0) is 18.3 Å². The molecule has 1 N–H and O–H groups in total. The Hall–Kier alpha value is -0.580. The van der Waals surface area contributed by atoms with Gasteiger partial charge in [-0.25, -0.2) is 8.42 Å². The lowest BCUT2D eigenvalue weighted by Crippen LogP contribution is -2.29. The fourth-order valence-electron chi connectivity index (χ4n) is 1.17. The van der Waals surface area contributed by atoms with Crippen LogP contribution in [0.25, 0.3) is 0 Å². The van der Waals surface area contributed by atoms with Crippen molar-refractivity contribution in [2.24, 2.45) is 11.8 Å². The molecule has 2 unspecified atom stereocenters. The second-order valence-corrected chi connectivity index (χ2v) is 5.22. The van der Waals surface area contributed by atoms with Gasteiger partial charge < -0.3 is 0 Å². The molecule has 0 aromatic carbocycles. The summed E-state index contributed by atoms with van der Waals surface area (Å²) in [4.78, 5) is 11.0. The zero-order chi connectivity index (χ0) is 9.35. The van der Waals surface area contributed by atoms with Gasteiger partial charge in [-0.2, -0.15) is 0 Å². The Morgan fingerprint density at radius 1 is 1.58 bits per heavy atom. The molecule has 1 aliphatic carbocycles. The minimum absolute atomic E-state index is 0.342. The summed E-state index contributed by atoms with van der Waals surface area (Å²) >= 11 is 0. The van der Waals surface area contributed by atoms with E-state index < -0.39 is 10.0 Å². The highest BCUT2D eigenvalue weighted by Crippen LogP contribution is 2.40. The van der Waals surface area contributed by atoms with Crippen LogP contribution in [0.2, 0.25) is 0 Å². The van der Waals surface area contributed by atoms with E-state index in [0.29, 0.717) is 18.3 Å². The maximum atomic E-state index is 11.0. The van der Waals surface area contributed by atoms with Gasteiger partial charge in [-0.1, -0.05) is 6.92 Å². The summed E-state index contributed by atoms with van der Waals surface area (Å²) in [6.07, 6.45) is 2.37. The number of nitrogens with one attached hydrogen (secondary N) is 1. The summed E-state index contributed by atoms with van der Waals surface area (Å²) in [6.45, 7) is 2.05. The van der Waals surface area contributed by atoms with Gasteiger partial charge in [0.2, 0.25) is 15.9 Å². The van der Waals surface area contributed by atoms with Gasteiger partial charge in [0, 0.05) is 6.42 Å². The fraction of sp³-hybridized carbons (Fsp3) is 0.857. The first-order chi connectivity index (χ1) is 5.38. The highest BCUT2D eigenvalue weighted by molar-refractivity contribution is 7.89. The Morgan fingerprint density at radius 3 is 2.42 bits per heavy atom. The lowest BCUT2D eigenvalue weighted by molar-refractivity contribution is -0.119. The highest BCUT2D eigenvalue weighted by atomic mass is 32.2. The molecule has 0 radical (unpaired) electrons. The maximum absolute atomic E-state index is 11.0. The van der Waals surface area contributed by atoms with Gasteiger partial charge in [0.15, 0.2) is 0 Å². The molecule has 0 aromatic rings. The zero-order valence-electron chi connectivity index (χ0n) is 7.20. The summed E-state index contributed by atoms with van der Waals surface area (Å²) < 4.78 is 23.1. The number of carbonyl (C=O) groups is 1. The maximum Gasteiger partial charge on any atom is 0.233 e. The predicted octanol–water partition coefficient (Wildman–Crippen LogP) is 0.108. The van der Waals surface area contributed by atoms with Crippen LogP contribution in [0.3, 0.4) is 0 Å². The van der Waals surface area contributed by atoms with Crippen molar-refractivity contribution in [3.63, 3.8) is 0 Å². The summed E-state index contributed by atoms with van der Waals surface area (Å²) in [6, 6.07) is 0. The molecule has 1 rings (SSSR count). The first kappa shape index (κ1) is 9.51. The van der Waals surface area contributed by atoms with E-state index in [1.54, 1.807) is 0 Å². The van der Waals surface area contributed by atoms with Crippen molar-refractivity contribution >= 4 is 15.9 Å². The van der Waals surface area contributed by atoms with Crippen molar-refractivity contribution in [1.82, 2.24) is 4.72 Å². The Labute approximate surface area is 72.4 Å². The van der Waals surface area contributed by atoms with Gasteiger partial charge in [0.1, 0.15) is 0 Å². The largest absolute Gasteiger partial charge is 0.274 e. The van der Waals surface area contributed by atoms with Crippen LogP contribution in [0.1, 0.15) is 19.8 Å². The molecule has 1 amide bonds. The van der Waals surface area contributed by atoms with E-state index in [4.69, 9.17) is 0 Å². The van der Waals surface area contributed by atoms with E-state index in [0.717, 1.165) is 12.7 Å². The minimum Gasteiger partial charge on any atom is -0.274 e. The topological polar surface area (TPSA) is 63.2 Å². The van der Waals surface area contributed by atoms with Crippen LogP contribution < -0.4 is 4.72 Å². The molecule has 1 saturated carbocycles. The Bertz CT molecular complexity index is 283. The second kappa shape index (κ2) is 3.05. The number of amides is 1. The quantitative estimate of drug-likeness (QED) is 0.688. The molecule has 0 aliphatic heterocycles. The summed E-state index contributed by atoms with van der Waals surface area (Å²) in [5.74, 6) is 0.592. The molecule has 0 saturated heterocycles. The fourth-order valence-corrected chi connectivity index (χ4v) is 1.67. The summed E-state index contributed by atoms with van der Waals surface area (Å²) in [5, 5.41) is 0. The average molecular weight is 191 g/mol. The predicted molar refractivity (Wildman–Crippen MR) is 44.9 cm³/mol. The monoisotopic (exact) mass is 191 g/mol. The standard InChI is InChI=1S/C7H13NO3S/c1-5-3-6(5)4-7(9)8-12(2,10)11/h5-6H,3-4H2,1-2H3,(H,8,9). The molecular formula is C7H13NO3S. The molecule has 4 nitrogen and oxygen atoms in total. The lowest BCUT2D eigenvalue weighted by Gasteiger charge is -2.00. The molecule has 0 heterocycles. The number of hydrogen-bond donors (Lipinski definition) is 1. The molecule has 12 heavy (non-hydrogen) atoms. The van der Waals surface area contributed by atoms with Crippen molar-refractivity contribution in [2.75, 3.05) is 6.26 Å². The SMILES string of the molecule is CC1CC1CC(=O)NS(C)(=O)=O. The van der Waals surface area contributed by atoms with E-state index in [2.05, 4.69) is 6.92 Å².